The van der Waals surface area contributed by atoms with Gasteiger partial charge in [-0.3, -0.25) is 4.79 Å². The molecule has 0 unspecified atom stereocenters. The predicted octanol–water partition coefficient (Wildman–Crippen LogP) is 2.46. The molecule has 2 fully saturated rings. The molecular formula is C18H21FN4O. The average Bonchev–Trinajstić information content (AvgIpc) is 3.45. The first-order chi connectivity index (χ1) is 11.6. The van der Waals surface area contributed by atoms with E-state index in [0.717, 1.165) is 29.6 Å². The van der Waals surface area contributed by atoms with E-state index < -0.39 is 5.67 Å². The Kier molecular flexibility index (Phi) is 3.82. The SMILES string of the molecule is O=C(NCC1(F)CCN(c2ncnc3ccccc23)CC1)C1CC1. The molecule has 1 aliphatic heterocycles. The highest BCUT2D eigenvalue weighted by Crippen LogP contribution is 2.32. The maximum absolute atomic E-state index is 14.9. The Labute approximate surface area is 140 Å². The monoisotopic (exact) mass is 328 g/mol. The molecule has 1 N–H and O–H groups in total. The molecule has 2 aliphatic rings. The number of alkyl halides is 1. The van der Waals surface area contributed by atoms with E-state index in [1.807, 2.05) is 24.3 Å². The Balaban J connectivity index is 1.42. The minimum Gasteiger partial charge on any atom is -0.356 e. The summed E-state index contributed by atoms with van der Waals surface area (Å²) < 4.78 is 14.9. The van der Waals surface area contributed by atoms with Gasteiger partial charge in [-0.25, -0.2) is 14.4 Å². The first-order valence-electron chi connectivity index (χ1n) is 8.56. The van der Waals surface area contributed by atoms with Crippen molar-refractivity contribution < 1.29 is 9.18 Å². The number of hydrogen-bond donors (Lipinski definition) is 1. The van der Waals surface area contributed by atoms with Gasteiger partial charge in [0.25, 0.3) is 0 Å². The molecule has 1 saturated heterocycles. The summed E-state index contributed by atoms with van der Waals surface area (Å²) in [6, 6.07) is 7.87. The molecule has 1 amide bonds. The molecule has 1 aromatic carbocycles. The zero-order valence-corrected chi connectivity index (χ0v) is 13.5. The molecule has 0 spiro atoms. The van der Waals surface area contributed by atoms with Crippen molar-refractivity contribution >= 4 is 22.6 Å². The standard InChI is InChI=1S/C18H21FN4O/c19-18(11-20-17(24)13-5-6-13)7-9-23(10-8-18)16-14-3-1-2-4-15(14)21-12-22-16/h1-4,12-13H,5-11H2,(H,20,24). The number of carbonyl (C=O) groups excluding carboxylic acids is 1. The fourth-order valence-corrected chi connectivity index (χ4v) is 3.27. The summed E-state index contributed by atoms with van der Waals surface area (Å²) in [5.74, 6) is 1.00. The topological polar surface area (TPSA) is 58.1 Å². The van der Waals surface area contributed by atoms with E-state index >= 15 is 0 Å². The van der Waals surface area contributed by atoms with Crippen LogP contribution in [0.3, 0.4) is 0 Å². The van der Waals surface area contributed by atoms with Crippen molar-refractivity contribution in [3.05, 3.63) is 30.6 Å². The van der Waals surface area contributed by atoms with E-state index in [0.29, 0.717) is 25.9 Å². The van der Waals surface area contributed by atoms with Gasteiger partial charge >= 0.3 is 0 Å². The molecule has 126 valence electrons. The van der Waals surface area contributed by atoms with Crippen molar-refractivity contribution in [2.24, 2.45) is 5.92 Å². The third kappa shape index (κ3) is 3.05. The molecule has 24 heavy (non-hydrogen) atoms. The van der Waals surface area contributed by atoms with Crippen molar-refractivity contribution in [2.75, 3.05) is 24.5 Å². The third-order valence-corrected chi connectivity index (χ3v) is 5.01. The number of aromatic nitrogens is 2. The Hall–Kier alpha value is -2.24. The van der Waals surface area contributed by atoms with Gasteiger partial charge in [0.2, 0.25) is 5.91 Å². The van der Waals surface area contributed by atoms with Crippen LogP contribution in [0.25, 0.3) is 10.9 Å². The first-order valence-corrected chi connectivity index (χ1v) is 8.56. The van der Waals surface area contributed by atoms with Crippen LogP contribution in [0.4, 0.5) is 10.2 Å². The summed E-state index contributed by atoms with van der Waals surface area (Å²) in [6.45, 7) is 1.31. The van der Waals surface area contributed by atoms with Crippen molar-refractivity contribution in [1.82, 2.24) is 15.3 Å². The van der Waals surface area contributed by atoms with Crippen molar-refractivity contribution in [1.29, 1.82) is 0 Å². The minimum absolute atomic E-state index is 0.0104. The molecule has 0 radical (unpaired) electrons. The number of para-hydroxylation sites is 1. The lowest BCUT2D eigenvalue weighted by molar-refractivity contribution is -0.123. The number of nitrogens with zero attached hydrogens (tertiary/aromatic N) is 3. The summed E-state index contributed by atoms with van der Waals surface area (Å²) >= 11 is 0. The molecule has 2 aromatic rings. The molecule has 4 rings (SSSR count). The molecule has 1 aliphatic carbocycles. The summed E-state index contributed by atoms with van der Waals surface area (Å²) in [7, 11) is 0. The molecule has 0 bridgehead atoms. The summed E-state index contributed by atoms with van der Waals surface area (Å²) in [5, 5.41) is 3.77. The van der Waals surface area contributed by atoms with Crippen LogP contribution in [0.15, 0.2) is 30.6 Å². The lowest BCUT2D eigenvalue weighted by Crippen LogP contribution is -2.48. The maximum Gasteiger partial charge on any atom is 0.223 e. The van der Waals surface area contributed by atoms with Gasteiger partial charge in [0.1, 0.15) is 17.8 Å². The zero-order valence-electron chi connectivity index (χ0n) is 13.5. The number of amides is 1. The normalized spacial score (nSPS) is 20.1. The lowest BCUT2D eigenvalue weighted by Gasteiger charge is -2.37. The summed E-state index contributed by atoms with van der Waals surface area (Å²) in [4.78, 5) is 22.5. The second-order valence-corrected chi connectivity index (χ2v) is 6.84. The van der Waals surface area contributed by atoms with E-state index in [4.69, 9.17) is 0 Å². The molecule has 6 heteroatoms. The Bertz CT molecular complexity index is 748. The van der Waals surface area contributed by atoms with Gasteiger partial charge in [-0.15, -0.1) is 0 Å². The molecule has 1 saturated carbocycles. The van der Waals surface area contributed by atoms with Crippen LogP contribution in [0.5, 0.6) is 0 Å². The van der Waals surface area contributed by atoms with Gasteiger partial charge in [0, 0.05) is 37.2 Å². The Morgan fingerprint density at radius 2 is 2.00 bits per heavy atom. The highest BCUT2D eigenvalue weighted by molar-refractivity contribution is 5.89. The van der Waals surface area contributed by atoms with Gasteiger partial charge in [-0.1, -0.05) is 12.1 Å². The van der Waals surface area contributed by atoms with Gasteiger partial charge in [0.05, 0.1) is 12.1 Å². The maximum atomic E-state index is 14.9. The highest BCUT2D eigenvalue weighted by Gasteiger charge is 2.37. The first kappa shape index (κ1) is 15.3. The van der Waals surface area contributed by atoms with Gasteiger partial charge < -0.3 is 10.2 Å². The van der Waals surface area contributed by atoms with Gasteiger partial charge in [0.15, 0.2) is 0 Å². The van der Waals surface area contributed by atoms with Crippen LogP contribution in [0.2, 0.25) is 0 Å². The second-order valence-electron chi connectivity index (χ2n) is 6.84. The zero-order chi connectivity index (χ0) is 16.6. The van der Waals surface area contributed by atoms with Gasteiger partial charge in [-0.05, 0) is 25.0 Å². The van der Waals surface area contributed by atoms with E-state index in [-0.39, 0.29) is 18.4 Å². The smallest absolute Gasteiger partial charge is 0.223 e. The summed E-state index contributed by atoms with van der Waals surface area (Å²) in [5.41, 5.74) is -0.416. The predicted molar refractivity (Wildman–Crippen MR) is 90.6 cm³/mol. The number of nitrogens with one attached hydrogen (secondary N) is 1. The number of fused-ring (bicyclic) bond motifs is 1. The lowest BCUT2D eigenvalue weighted by atomic mass is 9.93. The number of hydrogen-bond acceptors (Lipinski definition) is 4. The van der Waals surface area contributed by atoms with Crippen LogP contribution >= 0.6 is 0 Å². The highest BCUT2D eigenvalue weighted by atomic mass is 19.1. The Morgan fingerprint density at radius 1 is 1.25 bits per heavy atom. The van der Waals surface area contributed by atoms with Crippen LogP contribution in [-0.4, -0.2) is 41.2 Å². The third-order valence-electron chi connectivity index (χ3n) is 5.01. The van der Waals surface area contributed by atoms with E-state index in [9.17, 15) is 9.18 Å². The number of piperidine rings is 1. The van der Waals surface area contributed by atoms with E-state index in [2.05, 4.69) is 20.2 Å². The van der Waals surface area contributed by atoms with Crippen LogP contribution in [-0.2, 0) is 4.79 Å². The molecule has 2 heterocycles. The second kappa shape index (κ2) is 6.00. The number of anilines is 1. The molecular weight excluding hydrogens is 307 g/mol. The molecule has 5 nitrogen and oxygen atoms in total. The van der Waals surface area contributed by atoms with Crippen LogP contribution in [0, 0.1) is 5.92 Å². The number of rotatable bonds is 4. The quantitative estimate of drug-likeness (QED) is 0.937. The Morgan fingerprint density at radius 3 is 2.75 bits per heavy atom. The van der Waals surface area contributed by atoms with E-state index in [1.54, 1.807) is 6.33 Å². The van der Waals surface area contributed by atoms with E-state index in [1.165, 1.54) is 0 Å². The number of carbonyl (C=O) groups is 1. The molecule has 0 atom stereocenters. The van der Waals surface area contributed by atoms with Crippen molar-refractivity contribution in [2.45, 2.75) is 31.4 Å². The fourth-order valence-electron chi connectivity index (χ4n) is 3.27. The van der Waals surface area contributed by atoms with Crippen LogP contribution in [0.1, 0.15) is 25.7 Å². The minimum atomic E-state index is -1.32. The van der Waals surface area contributed by atoms with Crippen LogP contribution < -0.4 is 10.2 Å². The molecule has 1 aromatic heterocycles. The largest absolute Gasteiger partial charge is 0.356 e. The van der Waals surface area contributed by atoms with Crippen molar-refractivity contribution in [3.63, 3.8) is 0 Å². The fraction of sp³-hybridized carbons (Fsp3) is 0.500. The number of benzene rings is 1. The average molecular weight is 328 g/mol. The number of halogens is 1. The van der Waals surface area contributed by atoms with Gasteiger partial charge in [-0.2, -0.15) is 0 Å². The van der Waals surface area contributed by atoms with Crippen molar-refractivity contribution in [3.8, 4) is 0 Å². The summed E-state index contributed by atoms with van der Waals surface area (Å²) in [6.07, 6.45) is 4.25.